The van der Waals surface area contributed by atoms with E-state index in [-0.39, 0.29) is 5.12 Å². The lowest BCUT2D eigenvalue weighted by molar-refractivity contribution is 0.108. The molecule has 0 saturated heterocycles. The van der Waals surface area contributed by atoms with Crippen LogP contribution < -0.4 is 10.5 Å². The van der Waals surface area contributed by atoms with Gasteiger partial charge in [0.05, 0.1) is 17.2 Å². The third kappa shape index (κ3) is 3.20. The summed E-state index contributed by atoms with van der Waals surface area (Å²) < 4.78 is 5.05. The van der Waals surface area contributed by atoms with Gasteiger partial charge in [-0.05, 0) is 36.0 Å². The second-order valence-corrected chi connectivity index (χ2v) is 5.73. The average Bonchev–Trinajstić information content (AvgIpc) is 2.41. The molecule has 2 N–H and O–H groups in total. The molecule has 0 saturated carbocycles. The number of hydrogen-bond donors (Lipinski definition) is 1. The molecule has 104 valence electrons. The number of methoxy groups -OCH3 is 1. The normalized spacial score (nSPS) is 10.3. The third-order valence-corrected chi connectivity index (χ3v) is 4.13. The van der Waals surface area contributed by atoms with Crippen molar-refractivity contribution in [3.8, 4) is 5.75 Å². The van der Waals surface area contributed by atoms with E-state index >= 15 is 0 Å². The van der Waals surface area contributed by atoms with E-state index in [1.165, 1.54) is 19.2 Å². The molecule has 2 aromatic carbocycles. The smallest absolute Gasteiger partial charge is 0.224 e. The molecule has 20 heavy (non-hydrogen) atoms. The highest BCUT2D eigenvalue weighted by Gasteiger charge is 2.15. The van der Waals surface area contributed by atoms with Crippen molar-refractivity contribution in [3.05, 3.63) is 52.0 Å². The molecule has 0 radical (unpaired) electrons. The number of hydrogen-bond acceptors (Lipinski definition) is 4. The third-order valence-electron chi connectivity index (χ3n) is 2.56. The number of thioether (sulfide) groups is 1. The summed E-state index contributed by atoms with van der Waals surface area (Å²) in [6, 6.07) is 10.2. The average molecular weight is 328 g/mol. The highest BCUT2D eigenvalue weighted by atomic mass is 35.5. The number of anilines is 1. The summed E-state index contributed by atoms with van der Waals surface area (Å²) in [6.07, 6.45) is 0. The molecule has 2 aromatic rings. The first kappa shape index (κ1) is 15.0. The Kier molecular flexibility index (Phi) is 4.81. The standard InChI is InChI=1S/C14H11Cl2NO2S/c1-19-13-9(15)6-8(7-10(13)16)14(18)20-12-5-3-2-4-11(12)17/h2-7H,17H2,1H3. The molecule has 0 aromatic heterocycles. The molecular formula is C14H11Cl2NO2S. The van der Waals surface area contributed by atoms with Gasteiger partial charge in [0.25, 0.3) is 0 Å². The van der Waals surface area contributed by atoms with Gasteiger partial charge in [-0.2, -0.15) is 0 Å². The summed E-state index contributed by atoms with van der Waals surface area (Å²) in [5.74, 6) is 0.356. The summed E-state index contributed by atoms with van der Waals surface area (Å²) in [4.78, 5) is 12.9. The van der Waals surface area contributed by atoms with Crippen molar-refractivity contribution in [2.24, 2.45) is 0 Å². The second-order valence-electron chi connectivity index (χ2n) is 3.90. The number of nitrogen functional groups attached to an aromatic ring is 1. The summed E-state index contributed by atoms with van der Waals surface area (Å²) in [7, 11) is 1.47. The van der Waals surface area contributed by atoms with Crippen LogP contribution in [0.4, 0.5) is 5.69 Å². The van der Waals surface area contributed by atoms with E-state index in [2.05, 4.69) is 0 Å². The zero-order valence-corrected chi connectivity index (χ0v) is 12.9. The predicted molar refractivity (Wildman–Crippen MR) is 84.1 cm³/mol. The number of halogens is 2. The van der Waals surface area contributed by atoms with Crippen LogP contribution in [0.2, 0.25) is 10.0 Å². The molecule has 3 nitrogen and oxygen atoms in total. The van der Waals surface area contributed by atoms with Gasteiger partial charge in [0.15, 0.2) is 5.75 Å². The van der Waals surface area contributed by atoms with Crippen molar-refractivity contribution >= 4 is 45.8 Å². The molecule has 0 aliphatic heterocycles. The monoisotopic (exact) mass is 327 g/mol. The van der Waals surface area contributed by atoms with Gasteiger partial charge < -0.3 is 10.5 Å². The fourth-order valence-corrected chi connectivity index (χ4v) is 3.01. The minimum Gasteiger partial charge on any atom is -0.494 e. The Morgan fingerprint density at radius 1 is 1.20 bits per heavy atom. The molecule has 0 heterocycles. The number of para-hydroxylation sites is 1. The summed E-state index contributed by atoms with van der Waals surface area (Å²) in [6.45, 7) is 0. The molecule has 0 atom stereocenters. The van der Waals surface area contributed by atoms with Gasteiger partial charge in [0.2, 0.25) is 5.12 Å². The summed E-state index contributed by atoms with van der Waals surface area (Å²) in [5, 5.41) is 0.407. The zero-order valence-electron chi connectivity index (χ0n) is 10.5. The van der Waals surface area contributed by atoms with Gasteiger partial charge in [0.1, 0.15) is 0 Å². The topological polar surface area (TPSA) is 52.3 Å². The molecule has 0 aliphatic carbocycles. The van der Waals surface area contributed by atoms with Gasteiger partial charge in [-0.25, -0.2) is 0 Å². The van der Waals surface area contributed by atoms with E-state index in [4.69, 9.17) is 33.7 Å². The molecule has 6 heteroatoms. The maximum atomic E-state index is 12.2. The van der Waals surface area contributed by atoms with Gasteiger partial charge >= 0.3 is 0 Å². The van der Waals surface area contributed by atoms with Crippen molar-refractivity contribution < 1.29 is 9.53 Å². The number of nitrogens with two attached hydrogens (primary N) is 1. The Bertz CT molecular complexity index is 638. The molecular weight excluding hydrogens is 317 g/mol. The molecule has 0 spiro atoms. The lowest BCUT2D eigenvalue weighted by atomic mass is 10.2. The number of ether oxygens (including phenoxy) is 1. The number of rotatable bonds is 3. The van der Waals surface area contributed by atoms with Crippen molar-refractivity contribution in [2.75, 3.05) is 12.8 Å². The number of carbonyl (C=O) groups is 1. The van der Waals surface area contributed by atoms with E-state index in [0.717, 1.165) is 11.8 Å². The maximum Gasteiger partial charge on any atom is 0.224 e. The van der Waals surface area contributed by atoms with Crippen LogP contribution in [-0.2, 0) is 0 Å². The first-order valence-electron chi connectivity index (χ1n) is 5.62. The SMILES string of the molecule is COc1c(Cl)cc(C(=O)Sc2ccccc2N)cc1Cl. The van der Waals surface area contributed by atoms with Crippen molar-refractivity contribution in [2.45, 2.75) is 4.90 Å². The van der Waals surface area contributed by atoms with E-state index in [1.807, 2.05) is 12.1 Å². The zero-order chi connectivity index (χ0) is 14.7. The van der Waals surface area contributed by atoms with Crippen molar-refractivity contribution in [3.63, 3.8) is 0 Å². The molecule has 2 rings (SSSR count). The van der Waals surface area contributed by atoms with Gasteiger partial charge in [-0.3, -0.25) is 4.79 Å². The van der Waals surface area contributed by atoms with Gasteiger partial charge in [0, 0.05) is 16.1 Å². The van der Waals surface area contributed by atoms with Crippen LogP contribution in [0.15, 0.2) is 41.3 Å². The Hall–Kier alpha value is -1.36. The Balaban J connectivity index is 2.29. The number of carbonyl (C=O) groups excluding carboxylic acids is 1. The van der Waals surface area contributed by atoms with Crippen LogP contribution >= 0.6 is 35.0 Å². The molecule has 0 bridgehead atoms. The molecule has 0 aliphatic rings. The van der Waals surface area contributed by atoms with E-state index in [9.17, 15) is 4.79 Å². The molecule has 0 unspecified atom stereocenters. The molecule has 0 fully saturated rings. The minimum atomic E-state index is -0.186. The summed E-state index contributed by atoms with van der Waals surface area (Å²) >= 11 is 13.1. The van der Waals surface area contributed by atoms with Gasteiger partial charge in [-0.15, -0.1) is 0 Å². The molecule has 0 amide bonds. The highest BCUT2D eigenvalue weighted by Crippen LogP contribution is 2.36. The van der Waals surface area contributed by atoms with Crippen molar-refractivity contribution in [1.29, 1.82) is 0 Å². The van der Waals surface area contributed by atoms with Crippen LogP contribution in [0.3, 0.4) is 0 Å². The van der Waals surface area contributed by atoms with Crippen LogP contribution in [-0.4, -0.2) is 12.2 Å². The van der Waals surface area contributed by atoms with Gasteiger partial charge in [-0.1, -0.05) is 35.3 Å². The van der Waals surface area contributed by atoms with Crippen LogP contribution in [0.5, 0.6) is 5.75 Å². The predicted octanol–water partition coefficient (Wildman–Crippen LogP) is 4.52. The van der Waals surface area contributed by atoms with Crippen LogP contribution in [0, 0.1) is 0 Å². The maximum absolute atomic E-state index is 12.2. The first-order valence-corrected chi connectivity index (χ1v) is 7.20. The van der Waals surface area contributed by atoms with Crippen LogP contribution in [0.25, 0.3) is 0 Å². The van der Waals surface area contributed by atoms with E-state index in [0.29, 0.717) is 31.9 Å². The van der Waals surface area contributed by atoms with E-state index in [1.54, 1.807) is 12.1 Å². The first-order chi connectivity index (χ1) is 9.52. The second kappa shape index (κ2) is 6.39. The Labute approximate surface area is 131 Å². The lowest BCUT2D eigenvalue weighted by Gasteiger charge is -2.08. The largest absolute Gasteiger partial charge is 0.494 e. The lowest BCUT2D eigenvalue weighted by Crippen LogP contribution is -1.97. The highest BCUT2D eigenvalue weighted by molar-refractivity contribution is 8.14. The Morgan fingerprint density at radius 2 is 1.80 bits per heavy atom. The quantitative estimate of drug-likeness (QED) is 0.665. The minimum absolute atomic E-state index is 0.186. The van der Waals surface area contributed by atoms with E-state index < -0.39 is 0 Å². The number of benzene rings is 2. The fourth-order valence-electron chi connectivity index (χ4n) is 1.61. The Morgan fingerprint density at radius 3 is 2.35 bits per heavy atom. The summed E-state index contributed by atoms with van der Waals surface area (Å²) in [5.41, 5.74) is 6.76. The van der Waals surface area contributed by atoms with Crippen molar-refractivity contribution in [1.82, 2.24) is 0 Å². The fraction of sp³-hybridized carbons (Fsp3) is 0.0714. The van der Waals surface area contributed by atoms with Crippen LogP contribution in [0.1, 0.15) is 10.4 Å².